The van der Waals surface area contributed by atoms with E-state index in [9.17, 15) is 5.11 Å². The first-order valence-electron chi connectivity index (χ1n) is 14.0. The molecule has 5 rings (SSSR count). The number of hydrogen-bond donors (Lipinski definition) is 1. The average molecular weight is 550 g/mol. The van der Waals surface area contributed by atoms with E-state index in [1.54, 1.807) is 0 Å². The van der Waals surface area contributed by atoms with Crippen molar-refractivity contribution in [1.82, 2.24) is 0 Å². The lowest BCUT2D eigenvalue weighted by Gasteiger charge is -2.50. The molecule has 0 spiro atoms. The van der Waals surface area contributed by atoms with Crippen LogP contribution < -0.4 is 0 Å². The molecular formula is C27H39N3O9. The molecule has 5 unspecified atom stereocenters. The normalized spacial score (nSPS) is 39.6. The highest BCUT2D eigenvalue weighted by atomic mass is 16.8. The van der Waals surface area contributed by atoms with Gasteiger partial charge in [-0.25, -0.2) is 0 Å². The molecule has 0 aromatic heterocycles. The van der Waals surface area contributed by atoms with Crippen molar-refractivity contribution in [3.63, 3.8) is 0 Å². The predicted molar refractivity (Wildman–Crippen MR) is 136 cm³/mol. The summed E-state index contributed by atoms with van der Waals surface area (Å²) >= 11 is 0. The Hall–Kier alpha value is -1.83. The second kappa shape index (κ2) is 13.7. The summed E-state index contributed by atoms with van der Waals surface area (Å²) in [6, 6.07) is 8.82. The Bertz CT molecular complexity index is 952. The first-order chi connectivity index (χ1) is 19.1. The molecule has 1 aromatic carbocycles. The number of nitrogens with zero attached hydrogens (tertiary/aromatic N) is 3. The number of aliphatic hydroxyl groups excluding tert-OH is 1. The molecule has 2 bridgehead atoms. The van der Waals surface area contributed by atoms with Crippen molar-refractivity contribution in [2.75, 3.05) is 26.4 Å². The third-order valence-electron chi connectivity index (χ3n) is 7.51. The molecule has 4 fully saturated rings. The number of aliphatic hydroxyl groups is 1. The molecular weight excluding hydrogens is 510 g/mol. The van der Waals surface area contributed by atoms with Crippen LogP contribution in [0.5, 0.6) is 0 Å². The van der Waals surface area contributed by atoms with Crippen LogP contribution in [0.1, 0.15) is 51.4 Å². The van der Waals surface area contributed by atoms with E-state index >= 15 is 0 Å². The van der Waals surface area contributed by atoms with E-state index in [0.717, 1.165) is 31.2 Å². The Morgan fingerprint density at radius 2 is 1.64 bits per heavy atom. The van der Waals surface area contributed by atoms with Crippen LogP contribution in [-0.4, -0.2) is 92.9 Å². The SMILES string of the molecule is CCCCOC1C(OCCCC)[C@@H]2OC(c3ccccc3)OC[C@@H]2O[C@H]1O[C@@H]1C2CO[C@H](O2)[C@@H](N=[N+]=[N-])C1O. The fourth-order valence-corrected chi connectivity index (χ4v) is 5.40. The van der Waals surface area contributed by atoms with E-state index in [1.165, 1.54) is 0 Å². The summed E-state index contributed by atoms with van der Waals surface area (Å²) in [6.45, 7) is 5.67. The lowest BCUT2D eigenvalue weighted by molar-refractivity contribution is -0.382. The van der Waals surface area contributed by atoms with Gasteiger partial charge in [-0.3, -0.25) is 0 Å². The van der Waals surface area contributed by atoms with Crippen LogP contribution in [-0.2, 0) is 37.9 Å². The van der Waals surface area contributed by atoms with Gasteiger partial charge in [0.15, 0.2) is 18.9 Å². The smallest absolute Gasteiger partial charge is 0.187 e. The van der Waals surface area contributed by atoms with Crippen molar-refractivity contribution in [2.24, 2.45) is 5.11 Å². The molecule has 12 nitrogen and oxygen atoms in total. The summed E-state index contributed by atoms with van der Waals surface area (Å²) < 4.78 is 49.6. The van der Waals surface area contributed by atoms with Crippen LogP contribution in [0.2, 0.25) is 0 Å². The third kappa shape index (κ3) is 6.41. The maximum absolute atomic E-state index is 11.1. The van der Waals surface area contributed by atoms with Crippen molar-refractivity contribution in [3.8, 4) is 0 Å². The van der Waals surface area contributed by atoms with Crippen molar-refractivity contribution >= 4 is 0 Å². The Morgan fingerprint density at radius 1 is 0.923 bits per heavy atom. The maximum Gasteiger partial charge on any atom is 0.187 e. The zero-order chi connectivity index (χ0) is 27.2. The number of unbranched alkanes of at least 4 members (excludes halogenated alkanes) is 2. The fraction of sp³-hybridized carbons (Fsp3) is 0.778. The molecule has 0 amide bonds. The third-order valence-corrected chi connectivity index (χ3v) is 7.51. The second-order valence-electron chi connectivity index (χ2n) is 10.3. The Balaban J connectivity index is 1.39. The molecule has 1 aromatic rings. The number of hydrogen-bond acceptors (Lipinski definition) is 10. The molecule has 11 atom stereocenters. The first kappa shape index (κ1) is 28.7. The molecule has 4 aliphatic rings. The molecule has 0 radical (unpaired) electrons. The van der Waals surface area contributed by atoms with Crippen LogP contribution in [0, 0.1) is 0 Å². The zero-order valence-electron chi connectivity index (χ0n) is 22.4. The van der Waals surface area contributed by atoms with Gasteiger partial charge in [0.2, 0.25) is 0 Å². The van der Waals surface area contributed by atoms with Gasteiger partial charge in [-0.05, 0) is 18.4 Å². The van der Waals surface area contributed by atoms with Gasteiger partial charge >= 0.3 is 0 Å². The molecule has 0 aliphatic carbocycles. The number of azide groups is 1. The summed E-state index contributed by atoms with van der Waals surface area (Å²) in [5, 5.41) is 14.8. The highest BCUT2D eigenvalue weighted by molar-refractivity contribution is 5.16. The number of rotatable bonds is 12. The van der Waals surface area contributed by atoms with Crippen LogP contribution >= 0.6 is 0 Å². The van der Waals surface area contributed by atoms with Crippen molar-refractivity contribution in [2.45, 2.75) is 107 Å². The minimum absolute atomic E-state index is 0.200. The zero-order valence-corrected chi connectivity index (χ0v) is 22.4. The van der Waals surface area contributed by atoms with Gasteiger partial charge in [0.1, 0.15) is 42.7 Å². The predicted octanol–water partition coefficient (Wildman–Crippen LogP) is 3.38. The summed E-state index contributed by atoms with van der Waals surface area (Å²) in [4.78, 5) is 2.85. The second-order valence-corrected chi connectivity index (χ2v) is 10.3. The van der Waals surface area contributed by atoms with Crippen molar-refractivity contribution in [1.29, 1.82) is 0 Å². The molecule has 1 N–H and O–H groups in total. The standard InChI is InChI=1S/C27H39N3O9/c1-3-5-12-32-23-22-18(15-34-25(39-22)16-10-8-7-9-11-16)37-27(24(23)33-13-6-4-2)38-21-17-14-35-26(36-17)19(20(21)31)29-30-28/h7-11,17-27,31H,3-6,12-15H2,1-2H3/t17?,18-,19-,20?,21+,22+,23?,24?,25?,26+,27-/m0/s1. The fourth-order valence-electron chi connectivity index (χ4n) is 5.40. The van der Waals surface area contributed by atoms with E-state index in [-0.39, 0.29) is 13.2 Å². The Labute approximate surface area is 228 Å². The minimum Gasteiger partial charge on any atom is -0.390 e. The molecule has 12 heteroatoms. The Morgan fingerprint density at radius 3 is 2.36 bits per heavy atom. The van der Waals surface area contributed by atoms with Crippen LogP contribution in [0.25, 0.3) is 10.4 Å². The van der Waals surface area contributed by atoms with Crippen LogP contribution in [0.3, 0.4) is 0 Å². The van der Waals surface area contributed by atoms with Gasteiger partial charge < -0.3 is 43.0 Å². The lowest BCUT2D eigenvalue weighted by Crippen LogP contribution is -2.65. The van der Waals surface area contributed by atoms with E-state index in [0.29, 0.717) is 13.2 Å². The van der Waals surface area contributed by atoms with Gasteiger partial charge in [0, 0.05) is 23.7 Å². The molecule has 4 aliphatic heterocycles. The summed E-state index contributed by atoms with van der Waals surface area (Å²) in [5.41, 5.74) is 9.92. The van der Waals surface area contributed by atoms with E-state index < -0.39 is 67.6 Å². The molecule has 0 saturated carbocycles. The highest BCUT2D eigenvalue weighted by Gasteiger charge is 2.56. The average Bonchev–Trinajstić information content (AvgIpc) is 3.40. The maximum atomic E-state index is 11.1. The van der Waals surface area contributed by atoms with Gasteiger partial charge in [0.05, 0.1) is 19.3 Å². The molecule has 4 heterocycles. The van der Waals surface area contributed by atoms with Gasteiger partial charge in [0.25, 0.3) is 0 Å². The lowest BCUT2D eigenvalue weighted by atomic mass is 9.96. The summed E-state index contributed by atoms with van der Waals surface area (Å²) in [7, 11) is 0. The molecule has 4 saturated heterocycles. The minimum atomic E-state index is -1.15. The van der Waals surface area contributed by atoms with Crippen LogP contribution in [0.4, 0.5) is 0 Å². The van der Waals surface area contributed by atoms with Gasteiger partial charge in [-0.2, -0.15) is 0 Å². The van der Waals surface area contributed by atoms with E-state index in [2.05, 4.69) is 23.9 Å². The van der Waals surface area contributed by atoms with Gasteiger partial charge in [-0.15, -0.1) is 0 Å². The highest BCUT2D eigenvalue weighted by Crippen LogP contribution is 2.39. The van der Waals surface area contributed by atoms with E-state index in [1.807, 2.05) is 30.3 Å². The largest absolute Gasteiger partial charge is 0.390 e. The molecule has 216 valence electrons. The van der Waals surface area contributed by atoms with Crippen LogP contribution in [0.15, 0.2) is 35.4 Å². The van der Waals surface area contributed by atoms with Crippen molar-refractivity contribution in [3.05, 3.63) is 46.3 Å². The van der Waals surface area contributed by atoms with Gasteiger partial charge in [-0.1, -0.05) is 62.1 Å². The summed E-state index contributed by atoms with van der Waals surface area (Å²) in [5.74, 6) is 0. The van der Waals surface area contributed by atoms with Crippen molar-refractivity contribution < 1.29 is 43.0 Å². The quantitative estimate of drug-likeness (QED) is 0.180. The number of fused-ring (bicyclic) bond motifs is 3. The summed E-state index contributed by atoms with van der Waals surface area (Å²) in [6.07, 6.45) is -3.29. The monoisotopic (exact) mass is 549 g/mol. The Kier molecular flexibility index (Phi) is 10.1. The number of benzene rings is 1. The topological polar surface area (TPSA) is 143 Å². The first-order valence-corrected chi connectivity index (χ1v) is 14.0. The molecule has 39 heavy (non-hydrogen) atoms. The number of ether oxygens (including phenoxy) is 8. The van der Waals surface area contributed by atoms with E-state index in [4.69, 9.17) is 43.4 Å².